The molecular weight excluding hydrogens is 377 g/mol. The average Bonchev–Trinajstić information content (AvgIpc) is 2.57. The maximum atomic E-state index is 12.8. The summed E-state index contributed by atoms with van der Waals surface area (Å²) in [5.74, 6) is 0.0747. The molecule has 26 heavy (non-hydrogen) atoms. The number of amides is 1. The summed E-state index contributed by atoms with van der Waals surface area (Å²) in [6.45, 7) is -0.642. The van der Waals surface area contributed by atoms with E-state index in [1.165, 1.54) is 26.4 Å². The van der Waals surface area contributed by atoms with E-state index in [9.17, 15) is 22.8 Å². The SMILES string of the molecule is COc1ccc(NC(=O)Cn2cc(C(F)(F)F)cc(Cl)c2=O)cc1OC. The first-order valence-electron chi connectivity index (χ1n) is 7.14. The van der Waals surface area contributed by atoms with Crippen molar-refractivity contribution in [2.45, 2.75) is 12.7 Å². The summed E-state index contributed by atoms with van der Waals surface area (Å²) in [4.78, 5) is 24.0. The number of ether oxygens (including phenoxy) is 2. The first-order chi connectivity index (χ1) is 12.2. The smallest absolute Gasteiger partial charge is 0.417 e. The van der Waals surface area contributed by atoms with Crippen LogP contribution in [0.3, 0.4) is 0 Å². The standard InChI is InChI=1S/C16H14ClF3N2O4/c1-25-12-4-3-10(6-13(12)26-2)21-14(23)8-22-7-9(16(18,19)20)5-11(17)15(22)24/h3-7H,8H2,1-2H3,(H,21,23). The monoisotopic (exact) mass is 390 g/mol. The highest BCUT2D eigenvalue weighted by atomic mass is 35.5. The lowest BCUT2D eigenvalue weighted by molar-refractivity contribution is -0.138. The minimum atomic E-state index is -4.70. The number of nitrogens with one attached hydrogen (secondary N) is 1. The zero-order chi connectivity index (χ0) is 19.5. The Bertz CT molecular complexity index is 881. The van der Waals surface area contributed by atoms with Crippen LogP contribution in [0, 0.1) is 0 Å². The first-order valence-corrected chi connectivity index (χ1v) is 7.52. The van der Waals surface area contributed by atoms with Crippen molar-refractivity contribution in [1.82, 2.24) is 4.57 Å². The fourth-order valence-corrected chi connectivity index (χ4v) is 2.37. The van der Waals surface area contributed by atoms with Crippen molar-refractivity contribution in [2.24, 2.45) is 0 Å². The van der Waals surface area contributed by atoms with Gasteiger partial charge in [0.25, 0.3) is 5.56 Å². The molecule has 6 nitrogen and oxygen atoms in total. The molecule has 0 unspecified atom stereocenters. The Morgan fingerprint density at radius 1 is 1.19 bits per heavy atom. The van der Waals surface area contributed by atoms with E-state index in [4.69, 9.17) is 21.1 Å². The number of aromatic nitrogens is 1. The zero-order valence-corrected chi connectivity index (χ0v) is 14.4. The van der Waals surface area contributed by atoms with E-state index in [0.717, 1.165) is 0 Å². The number of carbonyl (C=O) groups excluding carboxylic acids is 1. The van der Waals surface area contributed by atoms with Crippen LogP contribution in [0.25, 0.3) is 0 Å². The molecule has 1 N–H and O–H groups in total. The zero-order valence-electron chi connectivity index (χ0n) is 13.7. The predicted molar refractivity (Wildman–Crippen MR) is 88.9 cm³/mol. The van der Waals surface area contributed by atoms with Crippen LogP contribution >= 0.6 is 11.6 Å². The Morgan fingerprint density at radius 3 is 2.42 bits per heavy atom. The fraction of sp³-hybridized carbons (Fsp3) is 0.250. The van der Waals surface area contributed by atoms with Crippen LogP contribution in [0.1, 0.15) is 5.56 Å². The predicted octanol–water partition coefficient (Wildman–Crippen LogP) is 3.18. The number of anilines is 1. The maximum absolute atomic E-state index is 12.8. The number of benzene rings is 1. The molecule has 1 amide bonds. The first kappa shape index (κ1) is 19.6. The molecule has 0 aliphatic carbocycles. The number of halogens is 4. The van der Waals surface area contributed by atoms with Gasteiger partial charge in [0.15, 0.2) is 11.5 Å². The molecule has 0 saturated carbocycles. The maximum Gasteiger partial charge on any atom is 0.417 e. The summed E-state index contributed by atoms with van der Waals surface area (Å²) >= 11 is 5.55. The molecule has 0 radical (unpaired) electrons. The Morgan fingerprint density at radius 2 is 1.85 bits per heavy atom. The van der Waals surface area contributed by atoms with E-state index in [2.05, 4.69) is 5.32 Å². The van der Waals surface area contributed by atoms with E-state index >= 15 is 0 Å². The third-order valence-electron chi connectivity index (χ3n) is 3.35. The molecule has 0 atom stereocenters. The largest absolute Gasteiger partial charge is 0.493 e. The molecule has 2 aromatic rings. The molecule has 0 saturated heterocycles. The van der Waals surface area contributed by atoms with Gasteiger partial charge in [-0.25, -0.2) is 0 Å². The second-order valence-corrected chi connectivity index (χ2v) is 5.53. The Kier molecular flexibility index (Phi) is 5.81. The lowest BCUT2D eigenvalue weighted by Crippen LogP contribution is -2.29. The molecule has 1 aromatic heterocycles. The van der Waals surface area contributed by atoms with Gasteiger partial charge in [0, 0.05) is 18.0 Å². The molecule has 0 aliphatic heterocycles. The number of carbonyl (C=O) groups is 1. The minimum absolute atomic E-state index is 0.318. The number of rotatable bonds is 5. The number of alkyl halides is 3. The highest BCUT2D eigenvalue weighted by molar-refractivity contribution is 6.30. The van der Waals surface area contributed by atoms with Gasteiger partial charge < -0.3 is 19.4 Å². The number of pyridine rings is 1. The second kappa shape index (κ2) is 7.69. The molecule has 2 rings (SSSR count). The van der Waals surface area contributed by atoms with E-state index in [1.54, 1.807) is 6.07 Å². The van der Waals surface area contributed by atoms with Crippen LogP contribution in [0.5, 0.6) is 11.5 Å². The summed E-state index contributed by atoms with van der Waals surface area (Å²) < 4.78 is 49.2. The highest BCUT2D eigenvalue weighted by Crippen LogP contribution is 2.30. The lowest BCUT2D eigenvalue weighted by Gasteiger charge is -2.13. The van der Waals surface area contributed by atoms with Crippen molar-refractivity contribution in [3.63, 3.8) is 0 Å². The van der Waals surface area contributed by atoms with Gasteiger partial charge in [0.1, 0.15) is 11.6 Å². The van der Waals surface area contributed by atoms with Crippen LogP contribution in [0.4, 0.5) is 18.9 Å². The molecular formula is C16H14ClF3N2O4. The van der Waals surface area contributed by atoms with Crippen molar-refractivity contribution in [3.8, 4) is 11.5 Å². The van der Waals surface area contributed by atoms with Crippen molar-refractivity contribution < 1.29 is 27.4 Å². The van der Waals surface area contributed by atoms with Gasteiger partial charge in [0.2, 0.25) is 5.91 Å². The van der Waals surface area contributed by atoms with Crippen LogP contribution in [0.2, 0.25) is 5.02 Å². The van der Waals surface area contributed by atoms with Crippen molar-refractivity contribution in [1.29, 1.82) is 0 Å². The topological polar surface area (TPSA) is 69.6 Å². The minimum Gasteiger partial charge on any atom is -0.493 e. The number of hydrogen-bond acceptors (Lipinski definition) is 4. The molecule has 0 bridgehead atoms. The van der Waals surface area contributed by atoms with Crippen LogP contribution in [0.15, 0.2) is 35.3 Å². The second-order valence-electron chi connectivity index (χ2n) is 5.13. The molecule has 0 fully saturated rings. The molecule has 1 aromatic carbocycles. The highest BCUT2D eigenvalue weighted by Gasteiger charge is 2.32. The quantitative estimate of drug-likeness (QED) is 0.851. The third-order valence-corrected chi connectivity index (χ3v) is 3.62. The summed E-state index contributed by atoms with van der Waals surface area (Å²) in [7, 11) is 2.85. The van der Waals surface area contributed by atoms with Crippen molar-refractivity contribution in [3.05, 3.63) is 51.4 Å². The Hall–Kier alpha value is -2.68. The van der Waals surface area contributed by atoms with E-state index < -0.39 is 34.8 Å². The fourth-order valence-electron chi connectivity index (χ4n) is 2.14. The van der Waals surface area contributed by atoms with Crippen molar-refractivity contribution in [2.75, 3.05) is 19.5 Å². The molecule has 0 aliphatic rings. The van der Waals surface area contributed by atoms with E-state index in [0.29, 0.717) is 34.0 Å². The van der Waals surface area contributed by atoms with Gasteiger partial charge in [-0.2, -0.15) is 13.2 Å². The van der Waals surface area contributed by atoms with Gasteiger partial charge in [-0.05, 0) is 18.2 Å². The van der Waals surface area contributed by atoms with E-state index in [-0.39, 0.29) is 0 Å². The summed E-state index contributed by atoms with van der Waals surface area (Å²) in [5, 5.41) is 1.84. The van der Waals surface area contributed by atoms with Crippen molar-refractivity contribution >= 4 is 23.2 Å². The van der Waals surface area contributed by atoms with Gasteiger partial charge in [-0.1, -0.05) is 11.6 Å². The van der Waals surface area contributed by atoms with Gasteiger partial charge in [-0.15, -0.1) is 0 Å². The normalized spacial score (nSPS) is 11.2. The molecule has 0 spiro atoms. The number of methoxy groups -OCH3 is 2. The lowest BCUT2D eigenvalue weighted by atomic mass is 10.2. The number of hydrogen-bond donors (Lipinski definition) is 1. The Balaban J connectivity index is 2.23. The average molecular weight is 391 g/mol. The molecule has 140 valence electrons. The number of nitrogens with zero attached hydrogens (tertiary/aromatic N) is 1. The van der Waals surface area contributed by atoms with Crippen LogP contribution in [-0.2, 0) is 17.5 Å². The van der Waals surface area contributed by atoms with E-state index in [1.807, 2.05) is 0 Å². The van der Waals surface area contributed by atoms with Gasteiger partial charge in [0.05, 0.1) is 19.8 Å². The summed E-state index contributed by atoms with van der Waals surface area (Å²) in [6.07, 6.45) is -4.15. The summed E-state index contributed by atoms with van der Waals surface area (Å²) in [6, 6.07) is 5.05. The molecule has 10 heteroatoms. The van der Waals surface area contributed by atoms with Crippen LogP contribution < -0.4 is 20.3 Å². The summed E-state index contributed by atoms with van der Waals surface area (Å²) in [5.41, 5.74) is -1.71. The van der Waals surface area contributed by atoms with Gasteiger partial charge in [-0.3, -0.25) is 9.59 Å². The van der Waals surface area contributed by atoms with Crippen LogP contribution in [-0.4, -0.2) is 24.7 Å². The molecule has 1 heterocycles. The van der Waals surface area contributed by atoms with Gasteiger partial charge >= 0.3 is 6.18 Å². The third kappa shape index (κ3) is 4.48. The Labute approximate surface area is 151 Å².